The summed E-state index contributed by atoms with van der Waals surface area (Å²) in [4.78, 5) is 2.24. The van der Waals surface area contributed by atoms with E-state index in [0.717, 1.165) is 19.5 Å². The molecule has 0 spiro atoms. The molecule has 0 radical (unpaired) electrons. The first-order valence-corrected chi connectivity index (χ1v) is 5.85. The van der Waals surface area contributed by atoms with Crippen molar-refractivity contribution in [3.05, 3.63) is 35.9 Å². The highest BCUT2D eigenvalue weighted by molar-refractivity contribution is 5.14. The topological polar surface area (TPSA) is 43.7 Å². The Morgan fingerprint density at radius 1 is 1.25 bits per heavy atom. The van der Waals surface area contributed by atoms with Gasteiger partial charge in [0, 0.05) is 25.6 Å². The lowest BCUT2D eigenvalue weighted by atomic mass is 9.94. The van der Waals surface area contributed by atoms with E-state index in [0.29, 0.717) is 6.54 Å². The molecule has 1 heterocycles. The molecule has 2 N–H and O–H groups in total. The monoisotopic (exact) mass is 221 g/mol. The number of aliphatic hydroxyl groups excluding tert-OH is 2. The van der Waals surface area contributed by atoms with E-state index in [1.54, 1.807) is 0 Å². The summed E-state index contributed by atoms with van der Waals surface area (Å²) >= 11 is 0. The number of piperidine rings is 1. The molecule has 0 saturated carbocycles. The minimum Gasteiger partial charge on any atom is -0.396 e. The molecule has 1 aromatic rings. The average molecular weight is 221 g/mol. The number of likely N-dealkylation sites (tertiary alicyclic amines) is 1. The minimum absolute atomic E-state index is 0.0621. The minimum atomic E-state index is -0.387. The fraction of sp³-hybridized carbons (Fsp3) is 0.538. The first-order valence-electron chi connectivity index (χ1n) is 5.85. The fourth-order valence-corrected chi connectivity index (χ4v) is 2.24. The molecule has 0 bridgehead atoms. The summed E-state index contributed by atoms with van der Waals surface area (Å²) in [5.41, 5.74) is 1.28. The second-order valence-corrected chi connectivity index (χ2v) is 4.52. The predicted octanol–water partition coefficient (Wildman–Crippen LogP) is 0.862. The van der Waals surface area contributed by atoms with E-state index >= 15 is 0 Å². The summed E-state index contributed by atoms with van der Waals surface area (Å²) in [6.45, 7) is 2.60. The number of rotatable bonds is 3. The molecule has 1 aliphatic rings. The van der Waals surface area contributed by atoms with Gasteiger partial charge >= 0.3 is 0 Å². The summed E-state index contributed by atoms with van der Waals surface area (Å²) in [6, 6.07) is 10.3. The predicted molar refractivity (Wildman–Crippen MR) is 62.9 cm³/mol. The van der Waals surface area contributed by atoms with Crippen LogP contribution in [-0.4, -0.2) is 40.9 Å². The summed E-state index contributed by atoms with van der Waals surface area (Å²) in [7, 11) is 0. The van der Waals surface area contributed by atoms with E-state index in [-0.39, 0.29) is 18.6 Å². The molecule has 1 fully saturated rings. The third-order valence-corrected chi connectivity index (χ3v) is 3.29. The van der Waals surface area contributed by atoms with Crippen molar-refractivity contribution in [1.29, 1.82) is 0 Å². The van der Waals surface area contributed by atoms with Crippen LogP contribution in [0.15, 0.2) is 30.3 Å². The van der Waals surface area contributed by atoms with Crippen LogP contribution < -0.4 is 0 Å². The Hall–Kier alpha value is -0.900. The maximum absolute atomic E-state index is 9.82. The Morgan fingerprint density at radius 2 is 2.00 bits per heavy atom. The highest BCUT2D eigenvalue weighted by Gasteiger charge is 2.26. The molecule has 0 aromatic heterocycles. The number of hydrogen-bond acceptors (Lipinski definition) is 3. The Balaban J connectivity index is 1.89. The van der Waals surface area contributed by atoms with E-state index in [1.165, 1.54) is 5.56 Å². The molecule has 1 aliphatic heterocycles. The maximum Gasteiger partial charge on any atom is 0.0717 e. The highest BCUT2D eigenvalue weighted by Crippen LogP contribution is 2.18. The van der Waals surface area contributed by atoms with Gasteiger partial charge in [-0.05, 0) is 18.5 Å². The molecule has 0 aliphatic carbocycles. The number of nitrogens with zero attached hydrogens (tertiary/aromatic N) is 1. The standard InChI is InChI=1S/C13H19NO2/c15-10-12-6-7-14(9-13(12)16)8-11-4-2-1-3-5-11/h1-5,12-13,15-16H,6-10H2. The molecular formula is C13H19NO2. The number of hydrogen-bond donors (Lipinski definition) is 2. The van der Waals surface area contributed by atoms with Crippen molar-refractivity contribution >= 4 is 0 Å². The van der Waals surface area contributed by atoms with Crippen molar-refractivity contribution in [3.63, 3.8) is 0 Å². The lowest BCUT2D eigenvalue weighted by Crippen LogP contribution is -2.44. The smallest absolute Gasteiger partial charge is 0.0717 e. The van der Waals surface area contributed by atoms with E-state index in [9.17, 15) is 5.11 Å². The second-order valence-electron chi connectivity index (χ2n) is 4.52. The molecule has 3 heteroatoms. The van der Waals surface area contributed by atoms with Crippen LogP contribution in [-0.2, 0) is 6.54 Å². The highest BCUT2D eigenvalue weighted by atomic mass is 16.3. The van der Waals surface area contributed by atoms with Gasteiger partial charge in [0.25, 0.3) is 0 Å². The number of benzene rings is 1. The lowest BCUT2D eigenvalue weighted by Gasteiger charge is -2.35. The summed E-state index contributed by atoms with van der Waals surface area (Å²) < 4.78 is 0. The third kappa shape index (κ3) is 2.82. The zero-order valence-corrected chi connectivity index (χ0v) is 9.42. The van der Waals surface area contributed by atoms with Crippen LogP contribution >= 0.6 is 0 Å². The largest absolute Gasteiger partial charge is 0.396 e. The summed E-state index contributed by atoms with van der Waals surface area (Å²) in [6.07, 6.45) is 0.493. The summed E-state index contributed by atoms with van der Waals surface area (Å²) in [5, 5.41) is 18.9. The zero-order chi connectivity index (χ0) is 11.4. The van der Waals surface area contributed by atoms with Gasteiger partial charge < -0.3 is 10.2 Å². The van der Waals surface area contributed by atoms with Crippen molar-refractivity contribution < 1.29 is 10.2 Å². The van der Waals surface area contributed by atoms with Gasteiger partial charge in [0.2, 0.25) is 0 Å². The molecule has 1 saturated heterocycles. The van der Waals surface area contributed by atoms with Crippen molar-refractivity contribution in [2.75, 3.05) is 19.7 Å². The lowest BCUT2D eigenvalue weighted by molar-refractivity contribution is -0.00443. The molecule has 2 atom stereocenters. The fourth-order valence-electron chi connectivity index (χ4n) is 2.24. The molecule has 88 valence electrons. The SMILES string of the molecule is OCC1CCN(Cc2ccccc2)CC1O. The van der Waals surface area contributed by atoms with Crippen molar-refractivity contribution in [1.82, 2.24) is 4.90 Å². The van der Waals surface area contributed by atoms with Crippen molar-refractivity contribution in [2.24, 2.45) is 5.92 Å². The van der Waals surface area contributed by atoms with E-state index in [4.69, 9.17) is 5.11 Å². The molecular weight excluding hydrogens is 202 g/mol. The Bertz CT molecular complexity index is 315. The molecule has 0 amide bonds. The van der Waals surface area contributed by atoms with Crippen LogP contribution in [0.3, 0.4) is 0 Å². The zero-order valence-electron chi connectivity index (χ0n) is 9.42. The van der Waals surface area contributed by atoms with Gasteiger partial charge in [0.15, 0.2) is 0 Å². The van der Waals surface area contributed by atoms with E-state index < -0.39 is 0 Å². The van der Waals surface area contributed by atoms with Crippen LogP contribution in [0.2, 0.25) is 0 Å². The average Bonchev–Trinajstić information content (AvgIpc) is 2.31. The van der Waals surface area contributed by atoms with Crippen LogP contribution in [0.5, 0.6) is 0 Å². The quantitative estimate of drug-likeness (QED) is 0.795. The van der Waals surface area contributed by atoms with Crippen molar-refractivity contribution in [2.45, 2.75) is 19.1 Å². The number of aliphatic hydroxyl groups is 2. The Kier molecular flexibility index (Phi) is 3.93. The van der Waals surface area contributed by atoms with Gasteiger partial charge in [-0.25, -0.2) is 0 Å². The molecule has 2 unspecified atom stereocenters. The maximum atomic E-state index is 9.82. The summed E-state index contributed by atoms with van der Waals surface area (Å²) in [5.74, 6) is 0.0621. The first-order chi connectivity index (χ1) is 7.79. The molecule has 16 heavy (non-hydrogen) atoms. The van der Waals surface area contributed by atoms with Crippen LogP contribution in [0.4, 0.5) is 0 Å². The van der Waals surface area contributed by atoms with Crippen LogP contribution in [0.1, 0.15) is 12.0 Å². The Labute approximate surface area is 96.3 Å². The van der Waals surface area contributed by atoms with Crippen LogP contribution in [0, 0.1) is 5.92 Å². The van der Waals surface area contributed by atoms with Gasteiger partial charge in [0.1, 0.15) is 0 Å². The van der Waals surface area contributed by atoms with Gasteiger partial charge in [-0.1, -0.05) is 30.3 Å². The first kappa shape index (κ1) is 11.6. The van der Waals surface area contributed by atoms with E-state index in [1.807, 2.05) is 18.2 Å². The molecule has 1 aromatic carbocycles. The van der Waals surface area contributed by atoms with E-state index in [2.05, 4.69) is 17.0 Å². The molecule has 3 nitrogen and oxygen atoms in total. The van der Waals surface area contributed by atoms with Gasteiger partial charge in [-0.15, -0.1) is 0 Å². The third-order valence-electron chi connectivity index (χ3n) is 3.29. The van der Waals surface area contributed by atoms with Gasteiger partial charge in [-0.2, -0.15) is 0 Å². The number of β-amino-alcohol motifs (C(OH)–C–C–N with tert-alkyl or cyclic N) is 1. The Morgan fingerprint density at radius 3 is 2.62 bits per heavy atom. The van der Waals surface area contributed by atoms with Crippen molar-refractivity contribution in [3.8, 4) is 0 Å². The second kappa shape index (κ2) is 5.43. The van der Waals surface area contributed by atoms with Crippen LogP contribution in [0.25, 0.3) is 0 Å². The molecule has 2 rings (SSSR count). The van der Waals surface area contributed by atoms with Gasteiger partial charge in [0.05, 0.1) is 6.10 Å². The van der Waals surface area contributed by atoms with Gasteiger partial charge in [-0.3, -0.25) is 4.90 Å². The normalized spacial score (nSPS) is 26.9.